The average Bonchev–Trinajstić information content (AvgIpc) is 2.79. The van der Waals surface area contributed by atoms with E-state index in [4.69, 9.17) is 0 Å². The molecule has 4 aromatic carbocycles. The summed E-state index contributed by atoms with van der Waals surface area (Å²) in [6, 6.07) is 40.3. The van der Waals surface area contributed by atoms with Crippen LogP contribution in [0.3, 0.4) is 0 Å². The maximum absolute atomic E-state index is 2.41. The van der Waals surface area contributed by atoms with Gasteiger partial charge in [0.25, 0.3) is 0 Å². The first-order chi connectivity index (χ1) is 13.7. The smallest absolute Gasteiger partial charge is 0.0642 e. The molecule has 0 spiro atoms. The Morgan fingerprint density at radius 3 is 0.964 bits per heavy atom. The molecule has 0 aliphatic carbocycles. The van der Waals surface area contributed by atoms with E-state index in [1.54, 1.807) is 0 Å². The molecule has 0 nitrogen and oxygen atoms in total. The minimum Gasteiger partial charge on any atom is -0.0642 e. The Hall–Kier alpha value is -2.69. The fraction of sp³-hybridized carbons (Fsp3) is 0.0769. The average molecular weight is 395 g/mol. The zero-order chi connectivity index (χ0) is 19.3. The van der Waals surface area contributed by atoms with Crippen LogP contribution in [-0.4, -0.2) is 17.6 Å². The third-order valence-corrected chi connectivity index (χ3v) is 11.3. The molecule has 28 heavy (non-hydrogen) atoms. The van der Waals surface area contributed by atoms with Gasteiger partial charge in [-0.25, -0.2) is 0 Å². The molecule has 0 heterocycles. The van der Waals surface area contributed by atoms with Crippen molar-refractivity contribution in [2.75, 3.05) is 0 Å². The van der Waals surface area contributed by atoms with E-state index in [9.17, 15) is 0 Å². The summed E-state index contributed by atoms with van der Waals surface area (Å²) in [4.78, 5) is 0. The molecule has 0 aromatic heterocycles. The molecular weight excluding hydrogens is 368 g/mol. The van der Waals surface area contributed by atoms with Crippen molar-refractivity contribution >= 4 is 38.3 Å². The zero-order valence-electron chi connectivity index (χ0n) is 16.5. The predicted octanol–water partition coefficient (Wildman–Crippen LogP) is 3.30. The van der Waals surface area contributed by atoms with E-state index in [0.717, 1.165) is 0 Å². The van der Waals surface area contributed by atoms with E-state index in [1.165, 1.54) is 31.9 Å². The molecular formula is C26H26Si2. The van der Waals surface area contributed by atoms with Crippen molar-refractivity contribution in [2.24, 2.45) is 0 Å². The highest BCUT2D eigenvalue weighted by atomic mass is 28.3. The molecule has 0 bridgehead atoms. The summed E-state index contributed by atoms with van der Waals surface area (Å²) < 4.78 is 0. The molecule has 0 saturated carbocycles. The molecule has 0 N–H and O–H groups in total. The minimum atomic E-state index is -1.08. The van der Waals surface area contributed by atoms with Crippen molar-refractivity contribution < 1.29 is 0 Å². The number of benzene rings is 4. The van der Waals surface area contributed by atoms with Gasteiger partial charge in [-0.15, -0.1) is 0 Å². The van der Waals surface area contributed by atoms with E-state index in [0.29, 0.717) is 0 Å². The third kappa shape index (κ3) is 4.08. The standard InChI is InChI=1S/C26H26Si2/c1-27(23-9-5-3-6-10-23)25-17-13-21(14-18-25)22-15-19-26(20-16-22)28(2)24-11-7-4-8-12-24/h3-20,27-28H,1-2H3. The fourth-order valence-electron chi connectivity index (χ4n) is 3.80. The van der Waals surface area contributed by atoms with E-state index in [2.05, 4.69) is 122 Å². The molecule has 2 atom stereocenters. The summed E-state index contributed by atoms with van der Waals surface area (Å²) in [5.74, 6) is 0. The highest BCUT2D eigenvalue weighted by Crippen LogP contribution is 2.17. The first-order valence-electron chi connectivity index (χ1n) is 10.0. The summed E-state index contributed by atoms with van der Waals surface area (Å²) in [5, 5.41) is 5.99. The first kappa shape index (κ1) is 18.7. The van der Waals surface area contributed by atoms with Crippen LogP contribution in [0.25, 0.3) is 11.1 Å². The molecule has 0 radical (unpaired) electrons. The van der Waals surface area contributed by atoms with E-state index < -0.39 is 17.6 Å². The van der Waals surface area contributed by atoms with Crippen LogP contribution in [-0.2, 0) is 0 Å². The number of hydrogen-bond acceptors (Lipinski definition) is 0. The molecule has 4 rings (SSSR count). The monoisotopic (exact) mass is 394 g/mol. The van der Waals surface area contributed by atoms with Crippen molar-refractivity contribution in [2.45, 2.75) is 13.1 Å². The van der Waals surface area contributed by atoms with E-state index in [-0.39, 0.29) is 0 Å². The Kier molecular flexibility index (Phi) is 5.70. The highest BCUT2D eigenvalue weighted by molar-refractivity contribution is 6.84. The first-order valence-corrected chi connectivity index (χ1v) is 14.6. The Bertz CT molecular complexity index is 920. The number of rotatable bonds is 5. The minimum absolute atomic E-state index is 1.08. The Morgan fingerprint density at radius 2 is 0.643 bits per heavy atom. The van der Waals surface area contributed by atoms with Crippen LogP contribution in [0.5, 0.6) is 0 Å². The molecule has 2 unspecified atom stereocenters. The van der Waals surface area contributed by atoms with Crippen LogP contribution in [0.4, 0.5) is 0 Å². The number of hydrogen-bond donors (Lipinski definition) is 0. The lowest BCUT2D eigenvalue weighted by Crippen LogP contribution is -2.39. The lowest BCUT2D eigenvalue weighted by Gasteiger charge is -2.13. The second kappa shape index (κ2) is 8.55. The van der Waals surface area contributed by atoms with Gasteiger partial charge in [0.2, 0.25) is 0 Å². The van der Waals surface area contributed by atoms with Crippen molar-refractivity contribution in [1.29, 1.82) is 0 Å². The van der Waals surface area contributed by atoms with Gasteiger partial charge in [-0.3, -0.25) is 0 Å². The molecule has 2 heteroatoms. The van der Waals surface area contributed by atoms with Gasteiger partial charge in [0.15, 0.2) is 0 Å². The van der Waals surface area contributed by atoms with Crippen LogP contribution >= 0.6 is 0 Å². The van der Waals surface area contributed by atoms with Crippen LogP contribution in [0, 0.1) is 0 Å². The molecule has 0 amide bonds. The van der Waals surface area contributed by atoms with Crippen LogP contribution in [0.1, 0.15) is 0 Å². The summed E-state index contributed by atoms with van der Waals surface area (Å²) >= 11 is 0. The Labute approximate surface area is 171 Å². The topological polar surface area (TPSA) is 0 Å². The fourth-order valence-corrected chi connectivity index (χ4v) is 7.71. The van der Waals surface area contributed by atoms with Crippen molar-refractivity contribution in [3.8, 4) is 11.1 Å². The van der Waals surface area contributed by atoms with Gasteiger partial charge in [0.1, 0.15) is 0 Å². The van der Waals surface area contributed by atoms with Crippen molar-refractivity contribution in [1.82, 2.24) is 0 Å². The van der Waals surface area contributed by atoms with Gasteiger partial charge in [0.05, 0.1) is 17.6 Å². The second-order valence-electron chi connectivity index (χ2n) is 7.51. The van der Waals surface area contributed by atoms with Gasteiger partial charge in [-0.1, -0.05) is 143 Å². The van der Waals surface area contributed by atoms with Gasteiger partial charge in [-0.2, -0.15) is 0 Å². The summed E-state index contributed by atoms with van der Waals surface area (Å²) in [5.41, 5.74) is 2.61. The van der Waals surface area contributed by atoms with Crippen LogP contribution in [0.15, 0.2) is 109 Å². The molecule has 4 aromatic rings. The third-order valence-electron chi connectivity index (χ3n) is 5.75. The maximum atomic E-state index is 2.41. The van der Waals surface area contributed by atoms with E-state index >= 15 is 0 Å². The Morgan fingerprint density at radius 1 is 0.357 bits per heavy atom. The molecule has 0 aliphatic rings. The predicted molar refractivity (Wildman–Crippen MR) is 129 cm³/mol. The SMILES string of the molecule is C[SiH](c1ccccc1)c1ccc(-c2ccc([SiH](C)c3ccccc3)cc2)cc1. The molecule has 0 aliphatic heterocycles. The normalized spacial score (nSPS) is 13.1. The van der Waals surface area contributed by atoms with Gasteiger partial charge in [0, 0.05) is 0 Å². The quantitative estimate of drug-likeness (QED) is 0.456. The second-order valence-corrected chi connectivity index (χ2v) is 13.1. The largest absolute Gasteiger partial charge is 0.0997 e. The van der Waals surface area contributed by atoms with Crippen LogP contribution in [0.2, 0.25) is 13.1 Å². The maximum Gasteiger partial charge on any atom is 0.0997 e. The van der Waals surface area contributed by atoms with Gasteiger partial charge in [-0.05, 0) is 11.1 Å². The summed E-state index contributed by atoms with van der Waals surface area (Å²) in [7, 11) is -2.17. The molecule has 138 valence electrons. The van der Waals surface area contributed by atoms with Gasteiger partial charge >= 0.3 is 0 Å². The highest BCUT2D eigenvalue weighted by Gasteiger charge is 2.11. The van der Waals surface area contributed by atoms with Crippen molar-refractivity contribution in [3.05, 3.63) is 109 Å². The Balaban J connectivity index is 1.52. The molecule has 0 fully saturated rings. The zero-order valence-corrected chi connectivity index (χ0v) is 18.9. The van der Waals surface area contributed by atoms with Crippen LogP contribution < -0.4 is 20.7 Å². The van der Waals surface area contributed by atoms with Gasteiger partial charge < -0.3 is 0 Å². The lowest BCUT2D eigenvalue weighted by molar-refractivity contribution is 1.64. The van der Waals surface area contributed by atoms with Crippen molar-refractivity contribution in [3.63, 3.8) is 0 Å². The lowest BCUT2D eigenvalue weighted by atomic mass is 10.1. The summed E-state index contributed by atoms with van der Waals surface area (Å²) in [6.45, 7) is 4.82. The summed E-state index contributed by atoms with van der Waals surface area (Å²) in [6.07, 6.45) is 0. The molecule has 0 saturated heterocycles. The van der Waals surface area contributed by atoms with E-state index in [1.807, 2.05) is 0 Å².